The first kappa shape index (κ1) is 13.3. The van der Waals surface area contributed by atoms with E-state index in [-0.39, 0.29) is 6.61 Å². The molecule has 0 aliphatic carbocycles. The highest BCUT2D eigenvalue weighted by atomic mass is 16.6. The number of carbonyl (C=O) groups excluding carboxylic acids is 1. The summed E-state index contributed by atoms with van der Waals surface area (Å²) in [6.45, 7) is 1.29. The van der Waals surface area contributed by atoms with E-state index in [1.165, 1.54) is 14.0 Å². The number of carbonyl (C=O) groups is 1. The maximum Gasteiger partial charge on any atom is 0.217 e. The molecule has 1 heterocycles. The van der Waals surface area contributed by atoms with Crippen LogP contribution in [0.3, 0.4) is 0 Å². The van der Waals surface area contributed by atoms with Gasteiger partial charge in [-0.2, -0.15) is 0 Å². The summed E-state index contributed by atoms with van der Waals surface area (Å²) in [5.74, 6) is -0.427. The number of hydrogen-bond donors (Lipinski definition) is 4. The fraction of sp³-hybridized carbons (Fsp3) is 0.889. The second-order valence-corrected chi connectivity index (χ2v) is 3.73. The Morgan fingerprint density at radius 2 is 2.00 bits per heavy atom. The summed E-state index contributed by atoms with van der Waals surface area (Å²) >= 11 is 0. The van der Waals surface area contributed by atoms with Crippen LogP contribution >= 0.6 is 0 Å². The summed E-state index contributed by atoms with van der Waals surface area (Å²) < 4.78 is 9.80. The van der Waals surface area contributed by atoms with Crippen LogP contribution in [0.5, 0.6) is 0 Å². The second kappa shape index (κ2) is 5.55. The zero-order valence-electron chi connectivity index (χ0n) is 9.16. The van der Waals surface area contributed by atoms with Crippen LogP contribution in [0.25, 0.3) is 0 Å². The van der Waals surface area contributed by atoms with Crippen molar-refractivity contribution in [2.24, 2.45) is 0 Å². The van der Waals surface area contributed by atoms with Gasteiger partial charge in [-0.05, 0) is 0 Å². The van der Waals surface area contributed by atoms with Gasteiger partial charge in [0, 0.05) is 14.0 Å². The quantitative estimate of drug-likeness (QED) is 0.433. The highest BCUT2D eigenvalue weighted by Crippen LogP contribution is 2.20. The van der Waals surface area contributed by atoms with Gasteiger partial charge in [0.05, 0.1) is 6.61 Å². The summed E-state index contributed by atoms with van der Waals surface area (Å²) in [7, 11) is 1.41. The Morgan fingerprint density at radius 1 is 1.38 bits per heavy atom. The first-order chi connectivity index (χ1) is 7.47. The molecule has 1 rings (SSSR count). The number of ether oxygens (including phenoxy) is 2. The van der Waals surface area contributed by atoms with Crippen LogP contribution in [0.15, 0.2) is 0 Å². The average Bonchev–Trinajstić information content (AvgIpc) is 2.21. The van der Waals surface area contributed by atoms with Gasteiger partial charge >= 0.3 is 0 Å². The molecule has 94 valence electrons. The van der Waals surface area contributed by atoms with Crippen molar-refractivity contribution in [3.63, 3.8) is 0 Å². The third kappa shape index (κ3) is 2.89. The van der Waals surface area contributed by atoms with Gasteiger partial charge in [-0.25, -0.2) is 0 Å². The molecule has 0 spiro atoms. The lowest BCUT2D eigenvalue weighted by molar-refractivity contribution is -0.255. The number of rotatable bonds is 3. The van der Waals surface area contributed by atoms with E-state index in [4.69, 9.17) is 9.47 Å². The molecule has 0 bridgehead atoms. The molecule has 5 atom stereocenters. The summed E-state index contributed by atoms with van der Waals surface area (Å²) in [6.07, 6.45) is -4.71. The summed E-state index contributed by atoms with van der Waals surface area (Å²) in [5.41, 5.74) is 0. The predicted molar refractivity (Wildman–Crippen MR) is 52.4 cm³/mol. The molecule has 0 aromatic heterocycles. The van der Waals surface area contributed by atoms with Crippen molar-refractivity contribution in [2.75, 3.05) is 13.7 Å². The number of methoxy groups -OCH3 is 1. The molecule has 0 aromatic rings. The molecule has 1 fully saturated rings. The van der Waals surface area contributed by atoms with Crippen LogP contribution in [0.4, 0.5) is 0 Å². The molecule has 0 aromatic carbocycles. The lowest BCUT2D eigenvalue weighted by Crippen LogP contribution is -2.64. The first-order valence-electron chi connectivity index (χ1n) is 4.93. The molecule has 0 saturated carbocycles. The van der Waals surface area contributed by atoms with E-state index in [0.717, 1.165) is 0 Å². The van der Waals surface area contributed by atoms with Crippen LogP contribution in [0.2, 0.25) is 0 Å². The number of aliphatic hydroxyl groups excluding tert-OH is 3. The maximum absolute atomic E-state index is 10.8. The molecular weight excluding hydrogens is 218 g/mol. The Balaban J connectivity index is 2.67. The van der Waals surface area contributed by atoms with Crippen molar-refractivity contribution in [3.05, 3.63) is 0 Å². The fourth-order valence-corrected chi connectivity index (χ4v) is 1.64. The third-order valence-electron chi connectivity index (χ3n) is 2.42. The topological polar surface area (TPSA) is 108 Å². The van der Waals surface area contributed by atoms with E-state index in [2.05, 4.69) is 5.32 Å². The molecule has 16 heavy (non-hydrogen) atoms. The van der Waals surface area contributed by atoms with E-state index in [9.17, 15) is 20.1 Å². The Morgan fingerprint density at radius 3 is 2.50 bits per heavy atom. The minimum absolute atomic E-state index is 0.0437. The first-order valence-corrected chi connectivity index (χ1v) is 4.93. The summed E-state index contributed by atoms with van der Waals surface area (Å²) in [6, 6.07) is -1.04. The van der Waals surface area contributed by atoms with Gasteiger partial charge in [0.25, 0.3) is 0 Å². The van der Waals surface area contributed by atoms with Crippen LogP contribution in [0.1, 0.15) is 6.92 Å². The van der Waals surface area contributed by atoms with Crippen molar-refractivity contribution in [2.45, 2.75) is 37.6 Å². The molecule has 1 aliphatic rings. The Hall–Kier alpha value is -0.730. The lowest BCUT2D eigenvalue weighted by atomic mass is 9.97. The van der Waals surface area contributed by atoms with Gasteiger partial charge in [0.2, 0.25) is 5.91 Å². The minimum Gasteiger partial charge on any atom is -0.388 e. The van der Waals surface area contributed by atoms with Crippen molar-refractivity contribution in [3.8, 4) is 0 Å². The summed E-state index contributed by atoms with van der Waals surface area (Å²) in [4.78, 5) is 10.8. The monoisotopic (exact) mass is 235 g/mol. The van der Waals surface area contributed by atoms with E-state index in [0.29, 0.717) is 0 Å². The number of nitrogens with one attached hydrogen (secondary N) is 1. The van der Waals surface area contributed by atoms with Crippen LogP contribution in [-0.4, -0.2) is 65.6 Å². The van der Waals surface area contributed by atoms with Crippen molar-refractivity contribution in [1.82, 2.24) is 5.32 Å². The molecule has 1 amide bonds. The second-order valence-electron chi connectivity index (χ2n) is 3.73. The maximum atomic E-state index is 10.8. The molecular formula is C9H17NO6. The van der Waals surface area contributed by atoms with E-state index < -0.39 is 36.6 Å². The SMILES string of the molecule is COC[C@H]1OC(O)[C@H](NC(C)=O)[C@@H](O)[C@@H]1O. The van der Waals surface area contributed by atoms with Gasteiger partial charge in [-0.3, -0.25) is 4.79 Å². The van der Waals surface area contributed by atoms with E-state index in [1.807, 2.05) is 0 Å². The zero-order chi connectivity index (χ0) is 12.3. The average molecular weight is 235 g/mol. The lowest BCUT2D eigenvalue weighted by Gasteiger charge is -2.40. The highest BCUT2D eigenvalue weighted by molar-refractivity contribution is 5.73. The largest absolute Gasteiger partial charge is 0.388 e. The van der Waals surface area contributed by atoms with Crippen molar-refractivity contribution in [1.29, 1.82) is 0 Å². The van der Waals surface area contributed by atoms with Gasteiger partial charge in [0.1, 0.15) is 24.4 Å². The minimum atomic E-state index is -1.37. The molecule has 0 radical (unpaired) electrons. The van der Waals surface area contributed by atoms with Crippen LogP contribution in [-0.2, 0) is 14.3 Å². The van der Waals surface area contributed by atoms with Gasteiger partial charge in [0.15, 0.2) is 6.29 Å². The Kier molecular flexibility index (Phi) is 4.63. The molecule has 1 unspecified atom stereocenters. The summed E-state index contributed by atoms with van der Waals surface area (Å²) in [5, 5.41) is 31.2. The number of hydrogen-bond acceptors (Lipinski definition) is 6. The molecule has 1 saturated heterocycles. The fourth-order valence-electron chi connectivity index (χ4n) is 1.64. The predicted octanol–water partition coefficient (Wildman–Crippen LogP) is -2.42. The molecule has 7 nitrogen and oxygen atoms in total. The van der Waals surface area contributed by atoms with Gasteiger partial charge < -0.3 is 30.1 Å². The van der Waals surface area contributed by atoms with E-state index >= 15 is 0 Å². The van der Waals surface area contributed by atoms with Gasteiger partial charge in [-0.15, -0.1) is 0 Å². The number of amides is 1. The third-order valence-corrected chi connectivity index (χ3v) is 2.42. The van der Waals surface area contributed by atoms with E-state index in [1.54, 1.807) is 0 Å². The van der Waals surface area contributed by atoms with Crippen LogP contribution < -0.4 is 5.32 Å². The number of aliphatic hydroxyl groups is 3. The highest BCUT2D eigenvalue weighted by Gasteiger charge is 2.44. The Labute approximate surface area is 93.0 Å². The van der Waals surface area contributed by atoms with Crippen LogP contribution in [0, 0.1) is 0 Å². The van der Waals surface area contributed by atoms with Crippen molar-refractivity contribution >= 4 is 5.91 Å². The standard InChI is InChI=1S/C9H17NO6/c1-4(11)10-6-8(13)7(12)5(3-15-2)16-9(6)14/h5-9,12-14H,3H2,1-2H3,(H,10,11)/t5-,6-,7-,8-,9?/m1/s1. The molecule has 1 aliphatic heterocycles. The normalized spacial score (nSPS) is 39.4. The Bertz CT molecular complexity index is 248. The molecule has 7 heteroatoms. The molecule has 4 N–H and O–H groups in total. The smallest absolute Gasteiger partial charge is 0.217 e. The zero-order valence-corrected chi connectivity index (χ0v) is 9.16. The van der Waals surface area contributed by atoms with Crippen molar-refractivity contribution < 1.29 is 29.6 Å². The van der Waals surface area contributed by atoms with Gasteiger partial charge in [-0.1, -0.05) is 0 Å².